The molecule has 0 amide bonds. The molecule has 0 bridgehead atoms. The van der Waals surface area contributed by atoms with Gasteiger partial charge in [-0.25, -0.2) is 9.13 Å². The van der Waals surface area contributed by atoms with E-state index in [2.05, 4.69) is 94.5 Å². The summed E-state index contributed by atoms with van der Waals surface area (Å²) in [7, 11) is -9.95. The monoisotopic (exact) mass is 1420 g/mol. The van der Waals surface area contributed by atoms with Crippen molar-refractivity contribution in [3.63, 3.8) is 0 Å². The van der Waals surface area contributed by atoms with Crippen LogP contribution in [0.25, 0.3) is 0 Å². The Balaban J connectivity index is 5.35. The summed E-state index contributed by atoms with van der Waals surface area (Å²) in [6.45, 7) is 4.69. The van der Waals surface area contributed by atoms with Crippen LogP contribution in [-0.4, -0.2) is 96.7 Å². The van der Waals surface area contributed by atoms with Crippen molar-refractivity contribution in [1.29, 1.82) is 0 Å². The van der Waals surface area contributed by atoms with Crippen LogP contribution in [0.1, 0.15) is 336 Å². The van der Waals surface area contributed by atoms with Crippen molar-refractivity contribution in [2.24, 2.45) is 0 Å². The number of esters is 4. The molecule has 17 nitrogen and oxygen atoms in total. The second-order valence-corrected chi connectivity index (χ2v) is 28.8. The highest BCUT2D eigenvalue weighted by atomic mass is 31.2. The van der Waals surface area contributed by atoms with Gasteiger partial charge in [0.15, 0.2) is 12.2 Å². The third kappa shape index (κ3) is 70.7. The minimum absolute atomic E-state index is 0.0391. The van der Waals surface area contributed by atoms with Crippen LogP contribution in [0.5, 0.6) is 0 Å². The number of hydrogen-bond acceptors (Lipinski definition) is 15. The minimum Gasteiger partial charge on any atom is -0.462 e. The summed E-state index contributed by atoms with van der Waals surface area (Å²) in [6, 6.07) is 0. The molecule has 0 aromatic rings. The van der Waals surface area contributed by atoms with Gasteiger partial charge in [0.2, 0.25) is 0 Å². The summed E-state index contributed by atoms with van der Waals surface area (Å²) in [4.78, 5) is 72.8. The molecular weight excluding hydrogens is 1280 g/mol. The van der Waals surface area contributed by atoms with Crippen LogP contribution in [0, 0.1) is 0 Å². The highest BCUT2D eigenvalue weighted by Gasteiger charge is 2.30. The Hall–Kier alpha value is -3.76. The molecule has 0 saturated carbocycles. The van der Waals surface area contributed by atoms with E-state index in [0.29, 0.717) is 32.1 Å². The molecule has 0 radical (unpaired) electrons. The number of carbonyl (C=O) groups excluding carboxylic acids is 4. The number of carbonyl (C=O) groups is 4. The van der Waals surface area contributed by atoms with Crippen molar-refractivity contribution in [1.82, 2.24) is 0 Å². The van der Waals surface area contributed by atoms with Gasteiger partial charge in [0.1, 0.15) is 19.3 Å². The lowest BCUT2D eigenvalue weighted by molar-refractivity contribution is -0.161. The summed E-state index contributed by atoms with van der Waals surface area (Å²) in [6.07, 6.45) is 73.0. The Labute approximate surface area is 595 Å². The number of allylic oxidation sites excluding steroid dienone is 14. The lowest BCUT2D eigenvalue weighted by Gasteiger charge is -2.21. The standard InChI is InChI=1S/C79H140O17P2/c1-5-9-13-17-21-25-29-32-34-35-36-37-39-42-45-48-52-56-60-64-77(82)90-70-75(96-79(84)66-62-58-54-50-46-40-31-27-23-19-15-11-7-3)72-94-98(87,88)92-68-73(80)67-91-97(85,86)93-71-74(95-78(83)65-61-57-53-49-43-28-24-20-16-12-8-4)69-89-76(81)63-59-55-51-47-44-41-38-33-30-26-22-18-14-10-6-2/h9,13,21,25,32-34,36-38,42,45,52,56,73-75,80H,5-8,10-12,14-20,22-24,26-31,35,39-41,43-44,46-51,53-55,57-72H2,1-4H3,(H,85,86)(H,87,88)/b13-9-,25-21-,34-32-,37-36-,38-33-,45-42-,56-52-. The van der Waals surface area contributed by atoms with Gasteiger partial charge in [-0.3, -0.25) is 37.3 Å². The summed E-state index contributed by atoms with van der Waals surface area (Å²) in [5.41, 5.74) is 0. The van der Waals surface area contributed by atoms with E-state index in [1.807, 2.05) is 18.2 Å². The fourth-order valence-electron chi connectivity index (χ4n) is 10.5. The summed E-state index contributed by atoms with van der Waals surface area (Å²) in [5, 5.41) is 10.6. The van der Waals surface area contributed by atoms with Gasteiger partial charge in [-0.2, -0.15) is 0 Å². The summed E-state index contributed by atoms with van der Waals surface area (Å²) >= 11 is 0. The van der Waals surface area contributed by atoms with Crippen molar-refractivity contribution in [3.8, 4) is 0 Å². The smallest absolute Gasteiger partial charge is 0.462 e. The number of aliphatic hydroxyl groups is 1. The van der Waals surface area contributed by atoms with Gasteiger partial charge in [0.25, 0.3) is 0 Å². The van der Waals surface area contributed by atoms with E-state index in [0.717, 1.165) is 122 Å². The van der Waals surface area contributed by atoms with Gasteiger partial charge in [-0.05, 0) is 89.9 Å². The van der Waals surface area contributed by atoms with Crippen molar-refractivity contribution < 1.29 is 80.2 Å². The number of aliphatic hydroxyl groups excluding tert-OH is 1. The van der Waals surface area contributed by atoms with Crippen LogP contribution in [0.15, 0.2) is 85.1 Å². The third-order valence-electron chi connectivity index (χ3n) is 16.4. The van der Waals surface area contributed by atoms with Gasteiger partial charge in [-0.15, -0.1) is 0 Å². The predicted octanol–water partition coefficient (Wildman–Crippen LogP) is 22.2. The Bertz CT molecular complexity index is 2190. The van der Waals surface area contributed by atoms with Crippen molar-refractivity contribution in [2.75, 3.05) is 39.6 Å². The van der Waals surface area contributed by atoms with E-state index >= 15 is 0 Å². The van der Waals surface area contributed by atoms with Crippen molar-refractivity contribution in [3.05, 3.63) is 85.1 Å². The Morgan fingerprint density at radius 1 is 0.296 bits per heavy atom. The Kier molecular flexibility index (Phi) is 68.9. The topological polar surface area (TPSA) is 237 Å². The molecule has 0 aliphatic heterocycles. The molecular formula is C79H140O17P2. The molecule has 19 heteroatoms. The molecule has 0 aromatic carbocycles. The first-order valence-corrected chi connectivity index (χ1v) is 41.8. The first kappa shape index (κ1) is 94.2. The average molecular weight is 1420 g/mol. The zero-order valence-electron chi connectivity index (χ0n) is 62.0. The number of ether oxygens (including phenoxy) is 4. The number of rotatable bonds is 73. The van der Waals surface area contributed by atoms with Crippen LogP contribution < -0.4 is 0 Å². The molecule has 568 valence electrons. The van der Waals surface area contributed by atoms with Gasteiger partial charge < -0.3 is 33.8 Å². The van der Waals surface area contributed by atoms with Crippen LogP contribution in [0.2, 0.25) is 0 Å². The van der Waals surface area contributed by atoms with Crippen LogP contribution >= 0.6 is 15.6 Å². The lowest BCUT2D eigenvalue weighted by Crippen LogP contribution is -2.30. The molecule has 3 N–H and O–H groups in total. The number of unbranched alkanes of at least 4 members (excludes halogenated alkanes) is 33. The second-order valence-electron chi connectivity index (χ2n) is 25.9. The maximum absolute atomic E-state index is 13.1. The molecule has 0 aliphatic rings. The van der Waals surface area contributed by atoms with E-state index in [4.69, 9.17) is 37.0 Å². The van der Waals surface area contributed by atoms with Gasteiger partial charge in [0, 0.05) is 25.7 Å². The molecule has 0 spiro atoms. The number of phosphoric ester groups is 2. The van der Waals surface area contributed by atoms with Crippen LogP contribution in [0.4, 0.5) is 0 Å². The molecule has 5 atom stereocenters. The highest BCUT2D eigenvalue weighted by Crippen LogP contribution is 2.45. The predicted molar refractivity (Wildman–Crippen MR) is 399 cm³/mol. The molecule has 98 heavy (non-hydrogen) atoms. The van der Waals surface area contributed by atoms with Gasteiger partial charge >= 0.3 is 39.5 Å². The maximum Gasteiger partial charge on any atom is 0.472 e. The van der Waals surface area contributed by atoms with Crippen LogP contribution in [-0.2, 0) is 65.4 Å². The fraction of sp³-hybridized carbons (Fsp3) is 0.772. The maximum atomic E-state index is 13.1. The molecule has 0 aliphatic carbocycles. The molecule has 0 saturated heterocycles. The first-order valence-electron chi connectivity index (χ1n) is 38.8. The normalized spacial score (nSPS) is 14.4. The molecule has 0 aromatic heterocycles. The van der Waals surface area contributed by atoms with Crippen molar-refractivity contribution >= 4 is 39.5 Å². The zero-order chi connectivity index (χ0) is 71.8. The van der Waals surface area contributed by atoms with E-state index in [9.17, 15) is 43.2 Å². The second kappa shape index (κ2) is 71.6. The summed E-state index contributed by atoms with van der Waals surface area (Å²) in [5.74, 6) is -2.26. The Morgan fingerprint density at radius 2 is 0.551 bits per heavy atom. The molecule has 0 heterocycles. The number of phosphoric acid groups is 2. The fourth-order valence-corrected chi connectivity index (χ4v) is 12.1. The van der Waals surface area contributed by atoms with E-state index in [1.165, 1.54) is 128 Å². The lowest BCUT2D eigenvalue weighted by atomic mass is 10.0. The van der Waals surface area contributed by atoms with E-state index < -0.39 is 97.5 Å². The number of hydrogen-bond donors (Lipinski definition) is 3. The van der Waals surface area contributed by atoms with Gasteiger partial charge in [0.05, 0.1) is 26.4 Å². The SMILES string of the molecule is CC/C=C\C/C=C\C/C=C\C/C=C\C/C=C\C/C=C\CCC(=O)OCC(COP(=O)(O)OCC(O)COP(=O)(O)OCC(COC(=O)CCCCCCC/C=C\CCCCCCCC)OC(=O)CCCCCCCCCCCCC)OC(=O)CCCCCCCCCCCCCCC. The molecule has 0 rings (SSSR count). The Morgan fingerprint density at radius 3 is 0.878 bits per heavy atom. The quantitative estimate of drug-likeness (QED) is 0.0169. The van der Waals surface area contributed by atoms with E-state index in [-0.39, 0.29) is 25.7 Å². The van der Waals surface area contributed by atoms with Gasteiger partial charge in [-0.1, -0.05) is 305 Å². The van der Waals surface area contributed by atoms with E-state index in [1.54, 1.807) is 0 Å². The highest BCUT2D eigenvalue weighted by molar-refractivity contribution is 7.47. The molecule has 5 unspecified atom stereocenters. The minimum atomic E-state index is -4.98. The van der Waals surface area contributed by atoms with Crippen molar-refractivity contribution in [2.45, 2.75) is 354 Å². The van der Waals surface area contributed by atoms with Crippen LogP contribution in [0.3, 0.4) is 0 Å². The third-order valence-corrected chi connectivity index (χ3v) is 18.3. The summed E-state index contributed by atoms with van der Waals surface area (Å²) < 4.78 is 68.4. The average Bonchev–Trinajstić information content (AvgIpc) is 0.972. The zero-order valence-corrected chi connectivity index (χ0v) is 63.7. The first-order chi connectivity index (χ1) is 47.7. The molecule has 0 fully saturated rings. The largest absolute Gasteiger partial charge is 0.472 e.